The molecule has 1 nitrogen and oxygen atoms in total. The van der Waals surface area contributed by atoms with Crippen LogP contribution >= 0.6 is 11.3 Å². The minimum absolute atomic E-state index is 0.764. The van der Waals surface area contributed by atoms with Crippen LogP contribution in [-0.4, -0.2) is 4.98 Å². The molecule has 0 radical (unpaired) electrons. The second-order valence-corrected chi connectivity index (χ2v) is 5.36. The number of pyridine rings is 1. The highest BCUT2D eigenvalue weighted by atomic mass is 32.1. The number of rotatable bonds is 3. The summed E-state index contributed by atoms with van der Waals surface area (Å²) in [5.41, 5.74) is 3.17. The molecule has 0 aliphatic carbocycles. The van der Waals surface area contributed by atoms with E-state index in [1.807, 2.05) is 44.3 Å². The summed E-state index contributed by atoms with van der Waals surface area (Å²) in [5.74, 6) is 0. The van der Waals surface area contributed by atoms with Gasteiger partial charge in [0.25, 0.3) is 0 Å². The zero-order valence-electron chi connectivity index (χ0n) is 10.8. The average Bonchev–Trinajstić information content (AvgIpc) is 2.81. The predicted octanol–water partition coefficient (Wildman–Crippen LogP) is 5.18. The van der Waals surface area contributed by atoms with E-state index in [9.17, 15) is 4.39 Å². The Kier molecular flexibility index (Phi) is 3.92. The van der Waals surface area contributed by atoms with E-state index in [0.717, 1.165) is 26.6 Å². The molecule has 0 N–H and O–H groups in total. The lowest BCUT2D eigenvalue weighted by atomic mass is 10.1. The first kappa shape index (κ1) is 13.0. The van der Waals surface area contributed by atoms with Crippen LogP contribution in [0.15, 0.2) is 30.5 Å². The van der Waals surface area contributed by atoms with Crippen molar-refractivity contribution in [3.8, 4) is 10.4 Å². The Bertz CT molecular complexity index is 570. The normalized spacial score (nSPS) is 13.1. The molecule has 2 rings (SSSR count). The lowest BCUT2D eigenvalue weighted by molar-refractivity contribution is 0.380. The van der Waals surface area contributed by atoms with Gasteiger partial charge in [0.15, 0.2) is 0 Å². The fourth-order valence-electron chi connectivity index (χ4n) is 1.77. The predicted molar refractivity (Wildman–Crippen MR) is 76.5 cm³/mol. The van der Waals surface area contributed by atoms with Crippen LogP contribution in [0.3, 0.4) is 0 Å². The number of halogens is 1. The van der Waals surface area contributed by atoms with Gasteiger partial charge in [0.05, 0.1) is 5.69 Å². The third-order valence-corrected chi connectivity index (χ3v) is 4.03. The van der Waals surface area contributed by atoms with Crippen molar-refractivity contribution in [3.05, 3.63) is 46.6 Å². The molecular formula is C15H16FNS. The van der Waals surface area contributed by atoms with Gasteiger partial charge in [-0.05, 0) is 50.6 Å². The zero-order chi connectivity index (χ0) is 13.1. The molecule has 0 saturated carbocycles. The van der Waals surface area contributed by atoms with E-state index in [1.54, 1.807) is 6.92 Å². The first-order valence-corrected chi connectivity index (χ1v) is 6.77. The fraction of sp³-hybridized carbons (Fsp3) is 0.267. The third kappa shape index (κ3) is 2.67. The van der Waals surface area contributed by atoms with E-state index < -0.39 is 6.17 Å². The number of thiophene rings is 1. The van der Waals surface area contributed by atoms with Crippen LogP contribution in [0.5, 0.6) is 0 Å². The van der Waals surface area contributed by atoms with Crippen LogP contribution in [0.4, 0.5) is 4.39 Å². The lowest BCUT2D eigenvalue weighted by Crippen LogP contribution is -1.87. The Labute approximate surface area is 111 Å². The van der Waals surface area contributed by atoms with Gasteiger partial charge in [0.2, 0.25) is 0 Å². The molecule has 0 amide bonds. The van der Waals surface area contributed by atoms with Crippen molar-refractivity contribution in [2.75, 3.05) is 0 Å². The Morgan fingerprint density at radius 1 is 1.39 bits per heavy atom. The molecular weight excluding hydrogens is 245 g/mol. The monoisotopic (exact) mass is 261 g/mol. The summed E-state index contributed by atoms with van der Waals surface area (Å²) >= 11 is 1.49. The van der Waals surface area contributed by atoms with Gasteiger partial charge in [-0.1, -0.05) is 6.08 Å². The maximum atomic E-state index is 13.2. The molecule has 18 heavy (non-hydrogen) atoms. The first-order valence-electron chi connectivity index (χ1n) is 5.95. The molecule has 1 atom stereocenters. The summed E-state index contributed by atoms with van der Waals surface area (Å²) in [6, 6.07) is 5.91. The van der Waals surface area contributed by atoms with Crippen LogP contribution in [-0.2, 0) is 0 Å². The van der Waals surface area contributed by atoms with Gasteiger partial charge in [0, 0.05) is 21.5 Å². The van der Waals surface area contributed by atoms with Gasteiger partial charge >= 0.3 is 0 Å². The summed E-state index contributed by atoms with van der Waals surface area (Å²) < 4.78 is 13.2. The summed E-state index contributed by atoms with van der Waals surface area (Å²) in [5, 5.41) is 0. The second kappa shape index (κ2) is 5.44. The topological polar surface area (TPSA) is 12.9 Å². The van der Waals surface area contributed by atoms with Crippen molar-refractivity contribution in [1.29, 1.82) is 0 Å². The summed E-state index contributed by atoms with van der Waals surface area (Å²) in [7, 11) is 0. The molecule has 3 heteroatoms. The highest BCUT2D eigenvalue weighted by Crippen LogP contribution is 2.32. The maximum Gasteiger partial charge on any atom is 0.131 e. The summed E-state index contributed by atoms with van der Waals surface area (Å²) in [6.45, 7) is 5.58. The first-order chi connectivity index (χ1) is 8.61. The van der Waals surface area contributed by atoms with Gasteiger partial charge in [-0.25, -0.2) is 4.39 Å². The third-order valence-electron chi connectivity index (χ3n) is 2.75. The minimum atomic E-state index is -0.903. The van der Waals surface area contributed by atoms with Crippen molar-refractivity contribution in [1.82, 2.24) is 4.98 Å². The number of alkyl halides is 1. The number of hydrogen-bond donors (Lipinski definition) is 0. The Morgan fingerprint density at radius 3 is 2.72 bits per heavy atom. The number of nitrogens with zero attached hydrogens (tertiary/aromatic N) is 1. The van der Waals surface area contributed by atoms with Gasteiger partial charge in [-0.15, -0.1) is 11.3 Å². The van der Waals surface area contributed by atoms with Crippen LogP contribution in [0.25, 0.3) is 16.5 Å². The quantitative estimate of drug-likeness (QED) is 0.741. The number of aryl methyl sites for hydroxylation is 1. The van der Waals surface area contributed by atoms with Gasteiger partial charge in [-0.3, -0.25) is 4.98 Å². The largest absolute Gasteiger partial charge is 0.256 e. The van der Waals surface area contributed by atoms with Crippen molar-refractivity contribution < 1.29 is 4.39 Å². The van der Waals surface area contributed by atoms with E-state index in [1.165, 1.54) is 11.3 Å². The Morgan fingerprint density at radius 2 is 2.17 bits per heavy atom. The SMILES string of the molecule is C/C=C\c1ncc(-c2ccc(C(C)F)s2)cc1C. The molecule has 0 aliphatic heterocycles. The summed E-state index contributed by atoms with van der Waals surface area (Å²) in [6.07, 6.45) is 4.91. The summed E-state index contributed by atoms with van der Waals surface area (Å²) in [4.78, 5) is 6.26. The Balaban J connectivity index is 2.36. The molecule has 0 fully saturated rings. The van der Waals surface area contributed by atoms with Crippen LogP contribution in [0, 0.1) is 6.92 Å². The molecule has 0 spiro atoms. The minimum Gasteiger partial charge on any atom is -0.256 e. The number of hydrogen-bond acceptors (Lipinski definition) is 2. The lowest BCUT2D eigenvalue weighted by Gasteiger charge is -2.03. The van der Waals surface area contributed by atoms with E-state index in [4.69, 9.17) is 0 Å². The molecule has 0 bridgehead atoms. The molecule has 2 aromatic heterocycles. The van der Waals surface area contributed by atoms with Crippen LogP contribution in [0.2, 0.25) is 0 Å². The van der Waals surface area contributed by atoms with E-state index in [0.29, 0.717) is 0 Å². The molecule has 94 valence electrons. The molecule has 0 saturated heterocycles. The smallest absolute Gasteiger partial charge is 0.131 e. The Hall–Kier alpha value is -1.48. The van der Waals surface area contributed by atoms with Crippen molar-refractivity contribution in [3.63, 3.8) is 0 Å². The molecule has 1 unspecified atom stereocenters. The molecule has 2 aromatic rings. The highest BCUT2D eigenvalue weighted by Gasteiger charge is 2.09. The molecule has 0 aromatic carbocycles. The van der Waals surface area contributed by atoms with Crippen molar-refractivity contribution >= 4 is 17.4 Å². The fourth-order valence-corrected chi connectivity index (χ4v) is 2.69. The zero-order valence-corrected chi connectivity index (χ0v) is 11.6. The molecule has 0 aliphatic rings. The van der Waals surface area contributed by atoms with Crippen LogP contribution < -0.4 is 0 Å². The van der Waals surface area contributed by atoms with Gasteiger partial charge < -0.3 is 0 Å². The van der Waals surface area contributed by atoms with E-state index in [2.05, 4.69) is 11.1 Å². The number of allylic oxidation sites excluding steroid dienone is 1. The van der Waals surface area contributed by atoms with E-state index >= 15 is 0 Å². The van der Waals surface area contributed by atoms with Gasteiger partial charge in [0.1, 0.15) is 6.17 Å². The van der Waals surface area contributed by atoms with Crippen molar-refractivity contribution in [2.45, 2.75) is 26.9 Å². The van der Waals surface area contributed by atoms with Crippen LogP contribution in [0.1, 0.15) is 36.2 Å². The highest BCUT2D eigenvalue weighted by molar-refractivity contribution is 7.15. The maximum absolute atomic E-state index is 13.2. The second-order valence-electron chi connectivity index (χ2n) is 4.24. The molecule has 2 heterocycles. The number of aromatic nitrogens is 1. The van der Waals surface area contributed by atoms with Crippen molar-refractivity contribution in [2.24, 2.45) is 0 Å². The standard InChI is InChI=1S/C15H16FNS/c1-4-5-13-10(2)8-12(9-17-13)15-7-6-14(18-15)11(3)16/h4-9,11H,1-3H3/b5-4-. The average molecular weight is 261 g/mol. The van der Waals surface area contributed by atoms with Gasteiger partial charge in [-0.2, -0.15) is 0 Å². The van der Waals surface area contributed by atoms with E-state index in [-0.39, 0.29) is 0 Å².